The van der Waals surface area contributed by atoms with Crippen LogP contribution in [0, 0.1) is 22.7 Å². The second-order valence-electron chi connectivity index (χ2n) is 2.29. The van der Waals surface area contributed by atoms with Gasteiger partial charge in [-0.15, -0.1) is 0 Å². The van der Waals surface area contributed by atoms with Gasteiger partial charge in [0.25, 0.3) is 0 Å². The van der Waals surface area contributed by atoms with Crippen molar-refractivity contribution in [3.8, 4) is 12.1 Å². The fourth-order valence-corrected chi connectivity index (χ4v) is 1.77. The maximum atomic E-state index is 8.59. The third-order valence-corrected chi connectivity index (χ3v) is 2.85. The minimum Gasteiger partial charge on any atom is -0.237 e. The third-order valence-electron chi connectivity index (χ3n) is 1.60. The lowest BCUT2D eigenvalue weighted by atomic mass is 10.3. The van der Waals surface area contributed by atoms with Gasteiger partial charge in [0.05, 0.1) is 11.1 Å². The largest absolute Gasteiger partial charge is 0.237 e. The van der Waals surface area contributed by atoms with Gasteiger partial charge in [0, 0.05) is 6.16 Å². The van der Waals surface area contributed by atoms with Crippen LogP contribution in [-0.2, 0) is 6.16 Å². The molecule has 1 aromatic rings. The number of hydrogen-bond acceptors (Lipinski definition) is 4. The number of hydrogen-bond donors (Lipinski definition) is 0. The van der Waals surface area contributed by atoms with Gasteiger partial charge in [-0.3, -0.25) is 0 Å². The van der Waals surface area contributed by atoms with Crippen LogP contribution in [0.2, 0.25) is 0 Å². The first-order valence-corrected chi connectivity index (χ1v) is 4.51. The minimum absolute atomic E-state index is 0.153. The lowest BCUT2D eigenvalue weighted by Gasteiger charge is -2.15. The van der Waals surface area contributed by atoms with E-state index in [1.54, 1.807) is 0 Å². The number of fused-ring (bicyclic) bond motifs is 1. The Hall–Kier alpha value is -1.51. The zero-order valence-electron chi connectivity index (χ0n) is 6.00. The summed E-state index contributed by atoms with van der Waals surface area (Å²) in [6.07, 6.45) is 0.905. The first-order valence-electron chi connectivity index (χ1n) is 3.30. The molecule has 2 heterocycles. The molecule has 0 aliphatic carbocycles. The van der Waals surface area contributed by atoms with E-state index in [1.807, 2.05) is 12.1 Å². The molecule has 4 nitrogen and oxygen atoms in total. The topological polar surface area (TPSA) is 73.4 Å². The molecule has 0 fully saturated rings. The van der Waals surface area contributed by atoms with Crippen LogP contribution in [-0.4, -0.2) is 9.97 Å². The SMILES string of the molecule is N#Cc1nc2c(nc1C#N)PC2. The highest BCUT2D eigenvalue weighted by molar-refractivity contribution is 7.48. The van der Waals surface area contributed by atoms with Gasteiger partial charge in [0.15, 0.2) is 11.4 Å². The number of aromatic nitrogens is 2. The molecule has 0 spiro atoms. The Labute approximate surface area is 70.7 Å². The zero-order valence-corrected chi connectivity index (χ0v) is 7.00. The molecule has 0 aromatic carbocycles. The summed E-state index contributed by atoms with van der Waals surface area (Å²) in [5.74, 6) is 0. The molecule has 0 amide bonds. The van der Waals surface area contributed by atoms with Crippen molar-refractivity contribution in [2.75, 3.05) is 0 Å². The number of rotatable bonds is 0. The van der Waals surface area contributed by atoms with Gasteiger partial charge in [-0.05, 0) is 0 Å². The Balaban J connectivity index is 2.65. The minimum atomic E-state index is 0.153. The van der Waals surface area contributed by atoms with E-state index in [1.165, 1.54) is 0 Å². The van der Waals surface area contributed by atoms with Crippen LogP contribution < -0.4 is 5.44 Å². The molecule has 1 aliphatic rings. The lowest BCUT2D eigenvalue weighted by molar-refractivity contribution is 1.06. The van der Waals surface area contributed by atoms with E-state index in [2.05, 4.69) is 9.97 Å². The smallest absolute Gasteiger partial charge is 0.177 e. The Morgan fingerprint density at radius 1 is 1.17 bits per heavy atom. The fraction of sp³-hybridized carbons (Fsp3) is 0.143. The molecule has 1 aromatic heterocycles. The van der Waals surface area contributed by atoms with E-state index >= 15 is 0 Å². The van der Waals surface area contributed by atoms with Crippen molar-refractivity contribution in [3.05, 3.63) is 17.1 Å². The molecule has 5 heteroatoms. The fourth-order valence-electron chi connectivity index (χ4n) is 0.952. The van der Waals surface area contributed by atoms with E-state index in [0.717, 1.165) is 17.3 Å². The summed E-state index contributed by atoms with van der Waals surface area (Å²) in [5.41, 5.74) is 2.08. The Kier molecular flexibility index (Phi) is 1.50. The molecule has 0 saturated carbocycles. The Morgan fingerprint density at radius 3 is 2.33 bits per heavy atom. The summed E-state index contributed by atoms with van der Waals surface area (Å²) in [5, 5.41) is 17.2. The quantitative estimate of drug-likeness (QED) is 0.520. The van der Waals surface area contributed by atoms with E-state index in [4.69, 9.17) is 10.5 Å². The van der Waals surface area contributed by atoms with Crippen LogP contribution in [0.15, 0.2) is 0 Å². The van der Waals surface area contributed by atoms with Gasteiger partial charge in [0.2, 0.25) is 0 Å². The van der Waals surface area contributed by atoms with E-state index < -0.39 is 0 Å². The van der Waals surface area contributed by atoms with Crippen LogP contribution in [0.25, 0.3) is 0 Å². The first-order chi connectivity index (χ1) is 5.85. The predicted molar refractivity (Wildman–Crippen MR) is 43.1 cm³/mol. The maximum Gasteiger partial charge on any atom is 0.177 e. The van der Waals surface area contributed by atoms with Crippen molar-refractivity contribution in [2.45, 2.75) is 6.16 Å². The van der Waals surface area contributed by atoms with Gasteiger partial charge in [0.1, 0.15) is 12.1 Å². The summed E-state index contributed by atoms with van der Waals surface area (Å²) >= 11 is 0. The van der Waals surface area contributed by atoms with E-state index in [9.17, 15) is 0 Å². The standard InChI is InChI=1S/C7H3N4P/c8-1-4-5(2-9)11-7-6(10-4)3-12-7/h12H,3H2. The highest BCUT2D eigenvalue weighted by atomic mass is 31.1. The average Bonchev–Trinajstić information content (AvgIpc) is 2.07. The third kappa shape index (κ3) is 0.863. The van der Waals surface area contributed by atoms with Gasteiger partial charge in [-0.2, -0.15) is 10.5 Å². The van der Waals surface area contributed by atoms with E-state index in [-0.39, 0.29) is 11.4 Å². The summed E-state index contributed by atoms with van der Waals surface area (Å²) in [6, 6.07) is 3.71. The van der Waals surface area contributed by atoms with Gasteiger partial charge in [-0.1, -0.05) is 8.58 Å². The molecule has 1 unspecified atom stereocenters. The molecule has 1 atom stereocenters. The van der Waals surface area contributed by atoms with Crippen molar-refractivity contribution in [1.29, 1.82) is 10.5 Å². The summed E-state index contributed by atoms with van der Waals surface area (Å²) in [4.78, 5) is 8.02. The van der Waals surface area contributed by atoms with Crippen LogP contribution in [0.1, 0.15) is 17.1 Å². The van der Waals surface area contributed by atoms with Crippen LogP contribution in [0.3, 0.4) is 0 Å². The van der Waals surface area contributed by atoms with Gasteiger partial charge >= 0.3 is 0 Å². The molecule has 56 valence electrons. The van der Waals surface area contributed by atoms with Crippen molar-refractivity contribution < 1.29 is 0 Å². The van der Waals surface area contributed by atoms with Crippen molar-refractivity contribution in [1.82, 2.24) is 9.97 Å². The molecular formula is C7H3N4P. The number of nitriles is 2. The maximum absolute atomic E-state index is 8.59. The molecule has 0 N–H and O–H groups in total. The Bertz CT molecular complexity index is 385. The van der Waals surface area contributed by atoms with Crippen LogP contribution in [0.4, 0.5) is 0 Å². The van der Waals surface area contributed by atoms with Crippen molar-refractivity contribution >= 4 is 14.0 Å². The first kappa shape index (κ1) is 7.16. The molecule has 12 heavy (non-hydrogen) atoms. The van der Waals surface area contributed by atoms with Crippen LogP contribution in [0.5, 0.6) is 0 Å². The molecule has 0 radical (unpaired) electrons. The molecule has 2 rings (SSSR count). The summed E-state index contributed by atoms with van der Waals surface area (Å²) in [6.45, 7) is 0. The highest BCUT2D eigenvalue weighted by Crippen LogP contribution is 2.27. The molecule has 1 aliphatic heterocycles. The van der Waals surface area contributed by atoms with Crippen LogP contribution >= 0.6 is 8.58 Å². The van der Waals surface area contributed by atoms with Crippen molar-refractivity contribution in [2.24, 2.45) is 0 Å². The molecular weight excluding hydrogens is 171 g/mol. The van der Waals surface area contributed by atoms with E-state index in [0.29, 0.717) is 8.58 Å². The molecule has 0 bridgehead atoms. The highest BCUT2D eigenvalue weighted by Gasteiger charge is 2.19. The zero-order chi connectivity index (χ0) is 8.55. The normalized spacial score (nSPS) is 14.2. The number of nitrogens with zero attached hydrogens (tertiary/aromatic N) is 4. The van der Waals surface area contributed by atoms with Crippen molar-refractivity contribution in [3.63, 3.8) is 0 Å². The average molecular weight is 174 g/mol. The second-order valence-corrected chi connectivity index (χ2v) is 3.47. The molecule has 0 saturated heterocycles. The van der Waals surface area contributed by atoms with Gasteiger partial charge in [-0.25, -0.2) is 9.97 Å². The van der Waals surface area contributed by atoms with Gasteiger partial charge < -0.3 is 0 Å². The Morgan fingerprint density at radius 2 is 1.83 bits per heavy atom. The summed E-state index contributed by atoms with van der Waals surface area (Å²) in [7, 11) is 0.655. The summed E-state index contributed by atoms with van der Waals surface area (Å²) < 4.78 is 0. The second kappa shape index (κ2) is 2.52. The monoisotopic (exact) mass is 174 g/mol. The lowest BCUT2D eigenvalue weighted by Crippen LogP contribution is -2.22. The predicted octanol–water partition coefficient (Wildman–Crippen LogP) is 0.0374.